The number of carbonyl (C=O) groups excluding carboxylic acids is 1. The number of fused-ring (bicyclic) bond motifs is 1. The van der Waals surface area contributed by atoms with Gasteiger partial charge in [-0.3, -0.25) is 4.79 Å². The molecule has 1 aliphatic rings. The molecule has 1 aromatic rings. The predicted molar refractivity (Wildman–Crippen MR) is 59.6 cm³/mol. The first-order chi connectivity index (χ1) is 7.02. The Kier molecular flexibility index (Phi) is 2.18. The number of rotatable bonds is 1. The average Bonchev–Trinajstić information content (AvgIpc) is 2.14. The normalized spacial score (nSPS) is 17.9. The summed E-state index contributed by atoms with van der Waals surface area (Å²) in [5.41, 5.74) is 1.25. The van der Waals surface area contributed by atoms with E-state index in [0.717, 1.165) is 5.69 Å². The van der Waals surface area contributed by atoms with Crippen molar-refractivity contribution in [2.75, 3.05) is 12.4 Å². The minimum Gasteiger partial charge on any atom is -0.487 e. The van der Waals surface area contributed by atoms with Crippen LogP contribution in [0, 0.1) is 0 Å². The van der Waals surface area contributed by atoms with Crippen molar-refractivity contribution in [2.45, 2.75) is 25.9 Å². The quantitative estimate of drug-likeness (QED) is 0.765. The topological polar surface area (TPSA) is 38.3 Å². The fourth-order valence-electron chi connectivity index (χ4n) is 1.81. The molecule has 0 unspecified atom stereocenters. The van der Waals surface area contributed by atoms with Gasteiger partial charge in [0, 0.05) is 18.8 Å². The number of hydrogen-bond donors (Lipinski definition) is 1. The molecule has 3 heteroatoms. The maximum atomic E-state index is 11.8. The third-order valence-corrected chi connectivity index (χ3v) is 2.54. The van der Waals surface area contributed by atoms with Crippen molar-refractivity contribution < 1.29 is 9.53 Å². The van der Waals surface area contributed by atoms with E-state index in [1.54, 1.807) is 0 Å². The molecule has 0 amide bonds. The van der Waals surface area contributed by atoms with Crippen LogP contribution in [0.25, 0.3) is 0 Å². The SMILES string of the molecule is CNc1ccc2c(c1)OC(C)(C)CC2=O. The molecule has 15 heavy (non-hydrogen) atoms. The molecule has 0 atom stereocenters. The second-order valence-corrected chi connectivity index (χ2v) is 4.42. The van der Waals surface area contributed by atoms with E-state index in [2.05, 4.69) is 5.32 Å². The fraction of sp³-hybridized carbons (Fsp3) is 0.417. The third-order valence-electron chi connectivity index (χ3n) is 2.54. The Balaban J connectivity index is 2.46. The van der Waals surface area contributed by atoms with Crippen LogP contribution >= 0.6 is 0 Å². The first-order valence-electron chi connectivity index (χ1n) is 5.06. The average molecular weight is 205 g/mol. The fourth-order valence-corrected chi connectivity index (χ4v) is 1.81. The van der Waals surface area contributed by atoms with Crippen LogP contribution in [-0.2, 0) is 0 Å². The van der Waals surface area contributed by atoms with E-state index in [9.17, 15) is 4.79 Å². The highest BCUT2D eigenvalue weighted by atomic mass is 16.5. The molecule has 1 N–H and O–H groups in total. The molecule has 2 rings (SSSR count). The van der Waals surface area contributed by atoms with Gasteiger partial charge in [0.05, 0.1) is 12.0 Å². The van der Waals surface area contributed by atoms with Crippen LogP contribution in [0.2, 0.25) is 0 Å². The molecule has 1 heterocycles. The van der Waals surface area contributed by atoms with Crippen molar-refractivity contribution in [3.8, 4) is 5.75 Å². The van der Waals surface area contributed by atoms with Crippen LogP contribution < -0.4 is 10.1 Å². The van der Waals surface area contributed by atoms with E-state index in [0.29, 0.717) is 17.7 Å². The largest absolute Gasteiger partial charge is 0.487 e. The lowest BCUT2D eigenvalue weighted by molar-refractivity contribution is 0.0620. The molecular formula is C12H15NO2. The van der Waals surface area contributed by atoms with E-state index < -0.39 is 5.60 Å². The molecule has 1 aliphatic heterocycles. The summed E-state index contributed by atoms with van der Waals surface area (Å²) >= 11 is 0. The molecule has 0 radical (unpaired) electrons. The van der Waals surface area contributed by atoms with Gasteiger partial charge in [0.1, 0.15) is 11.4 Å². The number of anilines is 1. The van der Waals surface area contributed by atoms with Gasteiger partial charge in [-0.2, -0.15) is 0 Å². The molecule has 0 fully saturated rings. The third kappa shape index (κ3) is 1.82. The molecule has 1 aromatic carbocycles. The van der Waals surface area contributed by atoms with Crippen LogP contribution in [0.15, 0.2) is 18.2 Å². The summed E-state index contributed by atoms with van der Waals surface area (Å²) in [6, 6.07) is 5.57. The minimum absolute atomic E-state index is 0.156. The standard InChI is InChI=1S/C12H15NO2/c1-12(2)7-10(14)9-5-4-8(13-3)6-11(9)15-12/h4-6,13H,7H2,1-3H3. The Labute approximate surface area is 89.4 Å². The summed E-state index contributed by atoms with van der Waals surface area (Å²) in [4.78, 5) is 11.8. The van der Waals surface area contributed by atoms with Crippen LogP contribution in [0.1, 0.15) is 30.6 Å². The molecule has 0 aliphatic carbocycles. The Bertz CT molecular complexity index is 410. The van der Waals surface area contributed by atoms with Gasteiger partial charge in [-0.15, -0.1) is 0 Å². The summed E-state index contributed by atoms with van der Waals surface area (Å²) in [5, 5.41) is 3.03. The van der Waals surface area contributed by atoms with Gasteiger partial charge in [0.25, 0.3) is 0 Å². The Morgan fingerprint density at radius 3 is 2.80 bits per heavy atom. The second-order valence-electron chi connectivity index (χ2n) is 4.42. The van der Waals surface area contributed by atoms with Gasteiger partial charge in [0.2, 0.25) is 0 Å². The smallest absolute Gasteiger partial charge is 0.170 e. The van der Waals surface area contributed by atoms with Crippen molar-refractivity contribution in [3.63, 3.8) is 0 Å². The van der Waals surface area contributed by atoms with Crippen LogP contribution in [0.3, 0.4) is 0 Å². The Hall–Kier alpha value is -1.51. The number of carbonyl (C=O) groups is 1. The van der Waals surface area contributed by atoms with E-state index in [-0.39, 0.29) is 5.78 Å². The van der Waals surface area contributed by atoms with Crippen molar-refractivity contribution in [3.05, 3.63) is 23.8 Å². The number of nitrogens with one attached hydrogen (secondary N) is 1. The molecule has 80 valence electrons. The zero-order valence-electron chi connectivity index (χ0n) is 9.26. The molecule has 0 bridgehead atoms. The number of ketones is 1. The van der Waals surface area contributed by atoms with Crippen molar-refractivity contribution in [2.24, 2.45) is 0 Å². The van der Waals surface area contributed by atoms with Gasteiger partial charge in [-0.25, -0.2) is 0 Å². The lowest BCUT2D eigenvalue weighted by Gasteiger charge is -2.31. The van der Waals surface area contributed by atoms with Crippen LogP contribution in [0.5, 0.6) is 5.75 Å². The first kappa shape index (κ1) is 10.0. The van der Waals surface area contributed by atoms with E-state index in [1.807, 2.05) is 39.1 Å². The highest BCUT2D eigenvalue weighted by molar-refractivity contribution is 6.00. The minimum atomic E-state index is -0.392. The number of Topliss-reactive ketones (excluding diaryl/α,β-unsaturated/α-hetero) is 1. The lowest BCUT2D eigenvalue weighted by Crippen LogP contribution is -2.35. The second kappa shape index (κ2) is 3.26. The number of hydrogen-bond acceptors (Lipinski definition) is 3. The highest BCUT2D eigenvalue weighted by Crippen LogP contribution is 2.34. The summed E-state index contributed by atoms with van der Waals surface area (Å²) in [5.74, 6) is 0.840. The lowest BCUT2D eigenvalue weighted by atomic mass is 9.93. The number of ether oxygens (including phenoxy) is 1. The number of benzene rings is 1. The Morgan fingerprint density at radius 1 is 1.40 bits per heavy atom. The summed E-state index contributed by atoms with van der Waals surface area (Å²) in [6.45, 7) is 3.86. The molecule has 0 aromatic heterocycles. The predicted octanol–water partition coefficient (Wildman–Crippen LogP) is 2.47. The van der Waals surface area contributed by atoms with E-state index in [1.165, 1.54) is 0 Å². The summed E-state index contributed by atoms with van der Waals surface area (Å²) in [7, 11) is 1.84. The van der Waals surface area contributed by atoms with Gasteiger partial charge in [-0.05, 0) is 26.0 Å². The van der Waals surface area contributed by atoms with Gasteiger partial charge < -0.3 is 10.1 Å². The molecule has 3 nitrogen and oxygen atoms in total. The van der Waals surface area contributed by atoms with Gasteiger partial charge in [-0.1, -0.05) is 0 Å². The monoisotopic (exact) mass is 205 g/mol. The van der Waals surface area contributed by atoms with Crippen molar-refractivity contribution in [1.29, 1.82) is 0 Å². The zero-order chi connectivity index (χ0) is 11.1. The molecular weight excluding hydrogens is 190 g/mol. The molecule has 0 saturated heterocycles. The first-order valence-corrected chi connectivity index (χ1v) is 5.06. The van der Waals surface area contributed by atoms with Gasteiger partial charge in [0.15, 0.2) is 5.78 Å². The molecule has 0 spiro atoms. The summed E-state index contributed by atoms with van der Waals surface area (Å²) < 4.78 is 5.77. The maximum absolute atomic E-state index is 11.8. The molecule has 0 saturated carbocycles. The highest BCUT2D eigenvalue weighted by Gasteiger charge is 2.32. The van der Waals surface area contributed by atoms with Crippen LogP contribution in [0.4, 0.5) is 5.69 Å². The van der Waals surface area contributed by atoms with Crippen molar-refractivity contribution >= 4 is 11.5 Å². The summed E-state index contributed by atoms with van der Waals surface area (Å²) in [6.07, 6.45) is 0.443. The zero-order valence-corrected chi connectivity index (χ0v) is 9.26. The van der Waals surface area contributed by atoms with E-state index >= 15 is 0 Å². The maximum Gasteiger partial charge on any atom is 0.170 e. The van der Waals surface area contributed by atoms with Gasteiger partial charge >= 0.3 is 0 Å². The Morgan fingerprint density at radius 2 is 2.13 bits per heavy atom. The van der Waals surface area contributed by atoms with E-state index in [4.69, 9.17) is 4.74 Å². The van der Waals surface area contributed by atoms with Crippen molar-refractivity contribution in [1.82, 2.24) is 0 Å². The van der Waals surface area contributed by atoms with Crippen LogP contribution in [-0.4, -0.2) is 18.4 Å².